The Hall–Kier alpha value is -2.70. The van der Waals surface area contributed by atoms with Crippen molar-refractivity contribution in [3.8, 4) is 0 Å². The van der Waals surface area contributed by atoms with E-state index in [-0.39, 0.29) is 5.82 Å². The van der Waals surface area contributed by atoms with Gasteiger partial charge in [-0.25, -0.2) is 9.37 Å². The average molecular weight is 409 g/mol. The Morgan fingerprint density at radius 3 is 2.43 bits per heavy atom. The molecule has 1 aliphatic rings. The molecule has 5 nitrogen and oxygen atoms in total. The quantitative estimate of drug-likeness (QED) is 0.677. The molecule has 3 aromatic rings. The van der Waals surface area contributed by atoms with Crippen molar-refractivity contribution in [1.82, 2.24) is 14.5 Å². The number of nitrogens with zero attached hydrogens (tertiary/aromatic N) is 4. The summed E-state index contributed by atoms with van der Waals surface area (Å²) in [5.41, 5.74) is 2.40. The smallest absolute Gasteiger partial charge is 0.146 e. The SMILES string of the molecule is C[C@H](CN1CCN(c2c(F)cccc2[C@H](O)c2nccn2C)CC1)c1ccccc1. The maximum Gasteiger partial charge on any atom is 0.146 e. The van der Waals surface area contributed by atoms with Crippen molar-refractivity contribution in [2.75, 3.05) is 37.6 Å². The highest BCUT2D eigenvalue weighted by Gasteiger charge is 2.27. The number of piperazine rings is 1. The predicted molar refractivity (Wildman–Crippen MR) is 117 cm³/mol. The number of rotatable bonds is 6. The third kappa shape index (κ3) is 4.25. The Morgan fingerprint density at radius 1 is 1.03 bits per heavy atom. The summed E-state index contributed by atoms with van der Waals surface area (Å²) in [5.74, 6) is 0.663. The maximum atomic E-state index is 14.9. The van der Waals surface area contributed by atoms with Gasteiger partial charge in [0.25, 0.3) is 0 Å². The van der Waals surface area contributed by atoms with Gasteiger partial charge in [0, 0.05) is 57.7 Å². The largest absolute Gasteiger partial charge is 0.380 e. The molecule has 2 heterocycles. The minimum absolute atomic E-state index is 0.299. The molecule has 158 valence electrons. The molecule has 6 heteroatoms. The van der Waals surface area contributed by atoms with Gasteiger partial charge in [0.1, 0.15) is 17.7 Å². The fourth-order valence-electron chi connectivity index (χ4n) is 4.29. The Kier molecular flexibility index (Phi) is 6.16. The van der Waals surface area contributed by atoms with Crippen molar-refractivity contribution in [3.63, 3.8) is 0 Å². The second-order valence-electron chi connectivity index (χ2n) is 8.08. The highest BCUT2D eigenvalue weighted by Crippen LogP contribution is 2.33. The van der Waals surface area contributed by atoms with Crippen molar-refractivity contribution < 1.29 is 9.50 Å². The van der Waals surface area contributed by atoms with E-state index in [0.29, 0.717) is 23.0 Å². The lowest BCUT2D eigenvalue weighted by Crippen LogP contribution is -2.48. The molecule has 0 radical (unpaired) electrons. The van der Waals surface area contributed by atoms with Gasteiger partial charge in [-0.2, -0.15) is 0 Å². The summed E-state index contributed by atoms with van der Waals surface area (Å²) in [7, 11) is 1.83. The third-order valence-corrected chi connectivity index (χ3v) is 6.00. The van der Waals surface area contributed by atoms with Gasteiger partial charge >= 0.3 is 0 Å². The van der Waals surface area contributed by atoms with E-state index in [2.05, 4.69) is 46.0 Å². The first kappa shape index (κ1) is 20.6. The fourth-order valence-corrected chi connectivity index (χ4v) is 4.29. The summed E-state index contributed by atoms with van der Waals surface area (Å²) in [4.78, 5) is 8.74. The van der Waals surface area contributed by atoms with Crippen molar-refractivity contribution in [2.24, 2.45) is 7.05 Å². The second-order valence-corrected chi connectivity index (χ2v) is 8.08. The second kappa shape index (κ2) is 8.98. The van der Waals surface area contributed by atoms with Crippen LogP contribution < -0.4 is 4.90 Å². The summed E-state index contributed by atoms with van der Waals surface area (Å²) in [6.45, 7) is 6.41. The van der Waals surface area contributed by atoms with E-state index in [9.17, 15) is 9.50 Å². The highest BCUT2D eigenvalue weighted by molar-refractivity contribution is 5.57. The topological polar surface area (TPSA) is 44.5 Å². The molecule has 0 saturated carbocycles. The molecular weight excluding hydrogens is 379 g/mol. The van der Waals surface area contributed by atoms with Crippen LogP contribution in [0.4, 0.5) is 10.1 Å². The van der Waals surface area contributed by atoms with Crippen LogP contribution in [-0.4, -0.2) is 52.3 Å². The minimum Gasteiger partial charge on any atom is -0.380 e. The zero-order valence-corrected chi connectivity index (χ0v) is 17.6. The van der Waals surface area contributed by atoms with Gasteiger partial charge in [-0.15, -0.1) is 0 Å². The van der Waals surface area contributed by atoms with E-state index >= 15 is 0 Å². The molecule has 0 unspecified atom stereocenters. The Bertz CT molecular complexity index is 966. The van der Waals surface area contributed by atoms with Gasteiger partial charge in [0.05, 0.1) is 5.69 Å². The zero-order valence-electron chi connectivity index (χ0n) is 17.6. The predicted octanol–water partition coefficient (Wildman–Crippen LogP) is 3.57. The van der Waals surface area contributed by atoms with Gasteiger partial charge in [-0.05, 0) is 17.5 Å². The molecule has 0 spiro atoms. The van der Waals surface area contributed by atoms with Gasteiger partial charge in [0.2, 0.25) is 0 Å². The van der Waals surface area contributed by atoms with Gasteiger partial charge < -0.3 is 14.6 Å². The van der Waals surface area contributed by atoms with E-state index in [1.54, 1.807) is 29.1 Å². The fraction of sp³-hybridized carbons (Fsp3) is 0.375. The number of aliphatic hydroxyl groups is 1. The highest BCUT2D eigenvalue weighted by atomic mass is 19.1. The van der Waals surface area contributed by atoms with E-state index in [4.69, 9.17) is 0 Å². The number of benzene rings is 2. The lowest BCUT2D eigenvalue weighted by atomic mass is 10.00. The monoisotopic (exact) mass is 408 g/mol. The summed E-state index contributed by atoms with van der Waals surface area (Å²) >= 11 is 0. The normalized spacial score (nSPS) is 17.1. The van der Waals surface area contributed by atoms with E-state index in [1.165, 1.54) is 11.6 Å². The lowest BCUT2D eigenvalue weighted by molar-refractivity contribution is 0.205. The molecule has 1 aromatic heterocycles. The summed E-state index contributed by atoms with van der Waals surface area (Å²) < 4.78 is 16.6. The number of hydrogen-bond acceptors (Lipinski definition) is 4. The third-order valence-electron chi connectivity index (χ3n) is 6.00. The molecule has 4 rings (SSSR count). The van der Waals surface area contributed by atoms with Crippen LogP contribution in [0.2, 0.25) is 0 Å². The van der Waals surface area contributed by atoms with Crippen molar-refractivity contribution in [1.29, 1.82) is 0 Å². The molecule has 1 saturated heterocycles. The molecule has 0 amide bonds. The molecular formula is C24H29FN4O. The molecule has 1 aliphatic heterocycles. The number of para-hydroxylation sites is 1. The number of halogens is 1. The standard InChI is InChI=1S/C24H29FN4O/c1-18(19-7-4-3-5-8-19)17-28-13-15-29(16-14-28)22-20(9-6-10-21(22)25)23(30)24-26-11-12-27(24)2/h3-12,18,23,30H,13-17H2,1-2H3/t18-,23+/m1/s1. The molecule has 2 atom stereocenters. The number of aliphatic hydroxyl groups excluding tert-OH is 1. The van der Waals surface area contributed by atoms with Crippen molar-refractivity contribution in [2.45, 2.75) is 18.9 Å². The van der Waals surface area contributed by atoms with Crippen LogP contribution in [0, 0.1) is 5.82 Å². The average Bonchev–Trinajstić information content (AvgIpc) is 3.20. The van der Waals surface area contributed by atoms with Crippen molar-refractivity contribution in [3.05, 3.63) is 83.7 Å². The van der Waals surface area contributed by atoms with Crippen LogP contribution in [0.3, 0.4) is 0 Å². The Morgan fingerprint density at radius 2 is 1.77 bits per heavy atom. The number of hydrogen-bond donors (Lipinski definition) is 1. The number of aryl methyl sites for hydroxylation is 1. The van der Waals surface area contributed by atoms with Crippen LogP contribution in [0.1, 0.15) is 35.9 Å². The molecule has 2 aromatic carbocycles. The summed E-state index contributed by atoms with van der Waals surface area (Å²) in [6.07, 6.45) is 2.46. The van der Waals surface area contributed by atoms with Crippen LogP contribution in [0.5, 0.6) is 0 Å². The molecule has 1 fully saturated rings. The molecule has 0 bridgehead atoms. The first-order valence-corrected chi connectivity index (χ1v) is 10.5. The van der Waals surface area contributed by atoms with Gasteiger partial charge in [0.15, 0.2) is 0 Å². The zero-order chi connectivity index (χ0) is 21.1. The van der Waals surface area contributed by atoms with E-state index in [1.807, 2.05) is 13.1 Å². The molecule has 1 N–H and O–H groups in total. The number of aromatic nitrogens is 2. The molecule has 0 aliphatic carbocycles. The van der Waals surface area contributed by atoms with Crippen LogP contribution in [0.25, 0.3) is 0 Å². The summed E-state index contributed by atoms with van der Waals surface area (Å²) in [5, 5.41) is 10.9. The van der Waals surface area contributed by atoms with Crippen LogP contribution in [0.15, 0.2) is 60.9 Å². The van der Waals surface area contributed by atoms with Gasteiger partial charge in [-0.3, -0.25) is 4.90 Å². The van der Waals surface area contributed by atoms with Crippen molar-refractivity contribution >= 4 is 5.69 Å². The van der Waals surface area contributed by atoms with E-state index < -0.39 is 6.10 Å². The Labute approximate surface area is 177 Å². The molecule has 30 heavy (non-hydrogen) atoms. The first-order valence-electron chi connectivity index (χ1n) is 10.5. The minimum atomic E-state index is -0.966. The first-order chi connectivity index (χ1) is 14.5. The maximum absolute atomic E-state index is 14.9. The van der Waals surface area contributed by atoms with Crippen LogP contribution in [-0.2, 0) is 7.05 Å². The van der Waals surface area contributed by atoms with Gasteiger partial charge in [-0.1, -0.05) is 49.4 Å². The van der Waals surface area contributed by atoms with E-state index in [0.717, 1.165) is 32.7 Å². The number of imidazole rings is 1. The lowest BCUT2D eigenvalue weighted by Gasteiger charge is -2.38. The summed E-state index contributed by atoms with van der Waals surface area (Å²) in [6, 6.07) is 15.5. The Balaban J connectivity index is 1.47. The van der Waals surface area contributed by atoms with Crippen LogP contribution >= 0.6 is 0 Å². The number of anilines is 1.